The predicted molar refractivity (Wildman–Crippen MR) is 93.2 cm³/mol. The summed E-state index contributed by atoms with van der Waals surface area (Å²) in [6, 6.07) is 12.3. The number of halogens is 1. The molecule has 2 aliphatic rings. The smallest absolute Gasteiger partial charge is 0.128 e. The van der Waals surface area contributed by atoms with Gasteiger partial charge in [0.2, 0.25) is 0 Å². The molecule has 0 aliphatic carbocycles. The quantitative estimate of drug-likeness (QED) is 0.906. The minimum Gasteiger partial charge on any atom is -0.383 e. The van der Waals surface area contributed by atoms with Gasteiger partial charge in [0.1, 0.15) is 5.60 Å². The Morgan fingerprint density at radius 1 is 1.30 bits per heavy atom. The monoisotopic (exact) mass is 330 g/mol. The first-order valence-electron chi connectivity index (χ1n) is 7.74. The molecule has 0 atom stereocenters. The lowest BCUT2D eigenvalue weighted by molar-refractivity contribution is -0.171. The van der Waals surface area contributed by atoms with Gasteiger partial charge in [0.25, 0.3) is 0 Å². The van der Waals surface area contributed by atoms with E-state index in [0.29, 0.717) is 26.4 Å². The van der Waals surface area contributed by atoms with Crippen LogP contribution in [0.2, 0.25) is 5.02 Å². The summed E-state index contributed by atoms with van der Waals surface area (Å²) in [4.78, 5) is 2.16. The lowest BCUT2D eigenvalue weighted by Gasteiger charge is -2.39. The summed E-state index contributed by atoms with van der Waals surface area (Å²) >= 11 is 6.24. The second kappa shape index (κ2) is 5.41. The molecule has 2 aromatic rings. The summed E-state index contributed by atoms with van der Waals surface area (Å²) in [5.74, 6) is 0. The third-order valence-electron chi connectivity index (χ3n) is 4.60. The van der Waals surface area contributed by atoms with Gasteiger partial charge < -0.3 is 20.1 Å². The fraction of sp³-hybridized carbons (Fsp3) is 0.333. The van der Waals surface area contributed by atoms with Crippen LogP contribution in [0.15, 0.2) is 36.4 Å². The van der Waals surface area contributed by atoms with Crippen LogP contribution in [0.3, 0.4) is 0 Å². The molecule has 0 saturated carbocycles. The summed E-state index contributed by atoms with van der Waals surface area (Å²) in [6.45, 7) is 4.16. The Kier molecular flexibility index (Phi) is 3.48. The van der Waals surface area contributed by atoms with Crippen molar-refractivity contribution in [2.75, 3.05) is 36.6 Å². The van der Waals surface area contributed by atoms with E-state index < -0.39 is 5.60 Å². The molecule has 0 amide bonds. The Bertz CT molecular complexity index is 759. The van der Waals surface area contributed by atoms with E-state index in [2.05, 4.69) is 34.5 Å². The number of anilines is 2. The van der Waals surface area contributed by atoms with Crippen molar-refractivity contribution in [2.45, 2.75) is 12.5 Å². The Labute approximate surface area is 140 Å². The highest BCUT2D eigenvalue weighted by Gasteiger charge is 2.39. The van der Waals surface area contributed by atoms with Gasteiger partial charge in [-0.05, 0) is 41.8 Å². The normalized spacial score (nSPS) is 18.3. The molecule has 0 bridgehead atoms. The second-order valence-corrected chi connectivity index (χ2v) is 6.80. The first kappa shape index (κ1) is 14.8. The summed E-state index contributed by atoms with van der Waals surface area (Å²) < 4.78 is 5.13. The number of aliphatic hydroxyl groups is 1. The highest BCUT2D eigenvalue weighted by Crippen LogP contribution is 2.38. The van der Waals surface area contributed by atoms with Gasteiger partial charge in [-0.15, -0.1) is 0 Å². The predicted octanol–water partition coefficient (Wildman–Crippen LogP) is 3.27. The van der Waals surface area contributed by atoms with Crippen LogP contribution in [-0.4, -0.2) is 37.1 Å². The number of nitrogens with one attached hydrogen (secondary N) is 1. The first-order chi connectivity index (χ1) is 11.1. The summed E-state index contributed by atoms with van der Waals surface area (Å²) in [5, 5.41) is 14.5. The Morgan fingerprint density at radius 3 is 2.87 bits per heavy atom. The van der Waals surface area contributed by atoms with Crippen molar-refractivity contribution >= 4 is 23.0 Å². The van der Waals surface area contributed by atoms with Crippen molar-refractivity contribution in [1.82, 2.24) is 0 Å². The van der Waals surface area contributed by atoms with E-state index in [1.807, 2.05) is 19.1 Å². The Morgan fingerprint density at radius 2 is 2.13 bits per heavy atom. The summed E-state index contributed by atoms with van der Waals surface area (Å²) in [7, 11) is 0. The number of rotatable bonds is 3. The molecule has 2 heterocycles. The molecular weight excluding hydrogens is 312 g/mol. The topological polar surface area (TPSA) is 44.7 Å². The lowest BCUT2D eigenvalue weighted by Crippen LogP contribution is -2.57. The van der Waals surface area contributed by atoms with Crippen molar-refractivity contribution in [3.63, 3.8) is 0 Å². The van der Waals surface area contributed by atoms with Crippen molar-refractivity contribution in [3.05, 3.63) is 47.0 Å². The van der Waals surface area contributed by atoms with E-state index in [9.17, 15) is 5.11 Å². The standard InChI is InChI=1S/C18H19ClN2O2/c1-12-14(3-2-4-15(12)19)13-5-6-17-16(7-13)20-11-21(17)8-18(22)9-23-10-18/h2-7,20,22H,8-11H2,1H3. The Hall–Kier alpha value is -1.75. The number of hydrogen-bond donors (Lipinski definition) is 2. The van der Waals surface area contributed by atoms with E-state index in [4.69, 9.17) is 16.3 Å². The average molecular weight is 331 g/mol. The molecule has 4 rings (SSSR count). The molecule has 120 valence electrons. The SMILES string of the molecule is Cc1c(Cl)cccc1-c1ccc2c(c1)NCN2CC1(O)COC1. The van der Waals surface area contributed by atoms with Gasteiger partial charge in [-0.3, -0.25) is 0 Å². The zero-order valence-corrected chi connectivity index (χ0v) is 13.7. The molecule has 0 aromatic heterocycles. The number of β-amino-alcohol motifs (C(OH)–C–C–N with tert-alkyl or cyclic N) is 1. The molecule has 1 saturated heterocycles. The number of nitrogens with zero attached hydrogens (tertiary/aromatic N) is 1. The maximum absolute atomic E-state index is 10.3. The van der Waals surface area contributed by atoms with E-state index in [1.165, 1.54) is 0 Å². The molecule has 0 radical (unpaired) electrons. The number of fused-ring (bicyclic) bond motifs is 1. The van der Waals surface area contributed by atoms with Crippen LogP contribution in [0.1, 0.15) is 5.56 Å². The number of hydrogen-bond acceptors (Lipinski definition) is 4. The zero-order chi connectivity index (χ0) is 16.0. The van der Waals surface area contributed by atoms with Gasteiger partial charge in [-0.1, -0.05) is 29.8 Å². The minimum atomic E-state index is -0.717. The highest BCUT2D eigenvalue weighted by molar-refractivity contribution is 6.31. The molecule has 4 nitrogen and oxygen atoms in total. The molecule has 23 heavy (non-hydrogen) atoms. The van der Waals surface area contributed by atoms with Crippen LogP contribution in [0.4, 0.5) is 11.4 Å². The average Bonchev–Trinajstić information content (AvgIpc) is 2.90. The molecule has 2 N–H and O–H groups in total. The maximum Gasteiger partial charge on any atom is 0.128 e. The van der Waals surface area contributed by atoms with Gasteiger partial charge >= 0.3 is 0 Å². The fourth-order valence-electron chi connectivity index (χ4n) is 3.23. The number of ether oxygens (including phenoxy) is 1. The van der Waals surface area contributed by atoms with Gasteiger partial charge in [0.15, 0.2) is 0 Å². The minimum absolute atomic E-state index is 0.415. The molecule has 2 aliphatic heterocycles. The molecule has 0 spiro atoms. The number of benzene rings is 2. The van der Waals surface area contributed by atoms with E-state index in [0.717, 1.165) is 33.1 Å². The largest absolute Gasteiger partial charge is 0.383 e. The van der Waals surface area contributed by atoms with Crippen molar-refractivity contribution < 1.29 is 9.84 Å². The third kappa shape index (κ3) is 2.57. The summed E-state index contributed by atoms with van der Waals surface area (Å²) in [6.07, 6.45) is 0. The maximum atomic E-state index is 10.3. The van der Waals surface area contributed by atoms with Crippen LogP contribution < -0.4 is 10.2 Å². The first-order valence-corrected chi connectivity index (χ1v) is 8.12. The highest BCUT2D eigenvalue weighted by atomic mass is 35.5. The molecule has 2 aromatic carbocycles. The third-order valence-corrected chi connectivity index (χ3v) is 5.01. The van der Waals surface area contributed by atoms with E-state index >= 15 is 0 Å². The van der Waals surface area contributed by atoms with E-state index in [1.54, 1.807) is 0 Å². The molecular formula is C18H19ClN2O2. The molecule has 5 heteroatoms. The van der Waals surface area contributed by atoms with Crippen LogP contribution in [0, 0.1) is 6.92 Å². The van der Waals surface area contributed by atoms with Crippen molar-refractivity contribution in [3.8, 4) is 11.1 Å². The van der Waals surface area contributed by atoms with Crippen LogP contribution in [-0.2, 0) is 4.74 Å². The van der Waals surface area contributed by atoms with Gasteiger partial charge in [-0.2, -0.15) is 0 Å². The van der Waals surface area contributed by atoms with Gasteiger partial charge in [0, 0.05) is 5.02 Å². The molecule has 0 unspecified atom stereocenters. The zero-order valence-electron chi connectivity index (χ0n) is 13.0. The van der Waals surface area contributed by atoms with Crippen LogP contribution in [0.5, 0.6) is 0 Å². The fourth-order valence-corrected chi connectivity index (χ4v) is 3.41. The van der Waals surface area contributed by atoms with Gasteiger partial charge in [-0.25, -0.2) is 0 Å². The lowest BCUT2D eigenvalue weighted by atomic mass is 9.99. The van der Waals surface area contributed by atoms with Crippen molar-refractivity contribution in [1.29, 1.82) is 0 Å². The Balaban J connectivity index is 1.63. The molecule has 1 fully saturated rings. The second-order valence-electron chi connectivity index (χ2n) is 6.39. The van der Waals surface area contributed by atoms with Crippen molar-refractivity contribution in [2.24, 2.45) is 0 Å². The van der Waals surface area contributed by atoms with Gasteiger partial charge in [0.05, 0.1) is 37.8 Å². The van der Waals surface area contributed by atoms with Crippen LogP contribution in [0.25, 0.3) is 11.1 Å². The van der Waals surface area contributed by atoms with E-state index in [-0.39, 0.29) is 0 Å². The van der Waals surface area contributed by atoms with Crippen LogP contribution >= 0.6 is 11.6 Å². The summed E-state index contributed by atoms with van der Waals surface area (Å²) in [5.41, 5.74) is 4.87.